The zero-order valence-electron chi connectivity index (χ0n) is 16.7. The van der Waals surface area contributed by atoms with Gasteiger partial charge in [0.2, 0.25) is 0 Å². The van der Waals surface area contributed by atoms with E-state index in [4.69, 9.17) is 30.5 Å². The molecule has 0 radical (unpaired) electrons. The monoisotopic (exact) mass is 417 g/mol. The molecule has 0 fully saturated rings. The van der Waals surface area contributed by atoms with Gasteiger partial charge in [-0.3, -0.25) is 4.79 Å². The Morgan fingerprint density at radius 1 is 1.00 bits per heavy atom. The maximum absolute atomic E-state index is 12.5. The normalized spacial score (nSPS) is 13.5. The third-order valence-electron chi connectivity index (χ3n) is 4.77. The Bertz CT molecular complexity index is 870. The van der Waals surface area contributed by atoms with E-state index in [0.29, 0.717) is 47.5 Å². The van der Waals surface area contributed by atoms with E-state index in [1.165, 1.54) is 0 Å². The molecule has 0 unspecified atom stereocenters. The fraction of sp³-hybridized carbons (Fsp3) is 0.318. The zero-order valence-corrected chi connectivity index (χ0v) is 17.5. The van der Waals surface area contributed by atoms with Crippen molar-refractivity contribution in [2.45, 2.75) is 6.42 Å². The van der Waals surface area contributed by atoms with Crippen molar-refractivity contribution in [1.82, 2.24) is 4.90 Å². The zero-order chi connectivity index (χ0) is 20.8. The highest BCUT2D eigenvalue weighted by Crippen LogP contribution is 2.40. The molecule has 1 aliphatic rings. The molecule has 1 heterocycles. The van der Waals surface area contributed by atoms with Crippen molar-refractivity contribution in [3.63, 3.8) is 0 Å². The Morgan fingerprint density at radius 2 is 1.66 bits per heavy atom. The number of rotatable bonds is 7. The summed E-state index contributed by atoms with van der Waals surface area (Å²) in [4.78, 5) is 14.3. The van der Waals surface area contributed by atoms with E-state index in [-0.39, 0.29) is 12.5 Å². The van der Waals surface area contributed by atoms with E-state index in [0.717, 1.165) is 11.1 Å². The van der Waals surface area contributed by atoms with Crippen LogP contribution in [0.3, 0.4) is 0 Å². The summed E-state index contributed by atoms with van der Waals surface area (Å²) in [5.74, 6) is 2.57. The number of amides is 1. The minimum absolute atomic E-state index is 0.0139. The highest BCUT2D eigenvalue weighted by atomic mass is 35.5. The molecule has 0 aromatic heterocycles. The molecular weight excluding hydrogens is 394 g/mol. The molecule has 0 bridgehead atoms. The molecule has 7 heteroatoms. The Kier molecular flexibility index (Phi) is 6.88. The fourth-order valence-electron chi connectivity index (χ4n) is 3.21. The highest BCUT2D eigenvalue weighted by molar-refractivity contribution is 6.30. The first kappa shape index (κ1) is 20.9. The number of carbonyl (C=O) groups is 1. The number of carbonyl (C=O) groups excluding carboxylic acids is 1. The van der Waals surface area contributed by atoms with Crippen molar-refractivity contribution in [3.05, 3.63) is 53.1 Å². The Morgan fingerprint density at radius 3 is 2.17 bits per heavy atom. The smallest absolute Gasteiger partial charge is 0.260 e. The first-order valence-electron chi connectivity index (χ1n) is 9.21. The second-order valence-corrected chi connectivity index (χ2v) is 6.91. The lowest BCUT2D eigenvalue weighted by Gasteiger charge is -2.28. The largest absolute Gasteiger partial charge is 0.496 e. The van der Waals surface area contributed by atoms with Gasteiger partial charge in [0.05, 0.1) is 26.9 Å². The third kappa shape index (κ3) is 4.95. The van der Waals surface area contributed by atoms with Crippen molar-refractivity contribution in [3.8, 4) is 23.0 Å². The molecule has 29 heavy (non-hydrogen) atoms. The lowest BCUT2D eigenvalue weighted by molar-refractivity contribution is -0.132. The van der Waals surface area contributed by atoms with Gasteiger partial charge in [0.1, 0.15) is 23.0 Å². The second kappa shape index (κ2) is 9.56. The van der Waals surface area contributed by atoms with Gasteiger partial charge in [-0.05, 0) is 36.3 Å². The predicted molar refractivity (Wildman–Crippen MR) is 112 cm³/mol. The molecule has 0 N–H and O–H groups in total. The van der Waals surface area contributed by atoms with Crippen LogP contribution < -0.4 is 18.9 Å². The first-order chi connectivity index (χ1) is 14.0. The van der Waals surface area contributed by atoms with Crippen LogP contribution in [0.2, 0.25) is 5.02 Å². The Balaban J connectivity index is 1.68. The van der Waals surface area contributed by atoms with Gasteiger partial charge in [0.25, 0.3) is 5.91 Å². The van der Waals surface area contributed by atoms with Crippen LogP contribution >= 0.6 is 11.6 Å². The minimum Gasteiger partial charge on any atom is -0.496 e. The number of methoxy groups -OCH3 is 3. The summed E-state index contributed by atoms with van der Waals surface area (Å²) in [5, 5.41) is 0.627. The minimum atomic E-state index is -0.0658. The van der Waals surface area contributed by atoms with Crippen LogP contribution in [0.1, 0.15) is 12.0 Å². The number of hydrogen-bond acceptors (Lipinski definition) is 5. The van der Waals surface area contributed by atoms with Crippen LogP contribution in [0.4, 0.5) is 0 Å². The molecule has 2 aromatic carbocycles. The molecule has 0 saturated carbocycles. The van der Waals surface area contributed by atoms with Gasteiger partial charge in [0.15, 0.2) is 6.61 Å². The molecule has 0 atom stereocenters. The molecule has 0 spiro atoms. The molecule has 6 nitrogen and oxygen atoms in total. The maximum atomic E-state index is 12.5. The second-order valence-electron chi connectivity index (χ2n) is 6.47. The molecule has 2 aromatic rings. The van der Waals surface area contributed by atoms with Crippen molar-refractivity contribution in [2.75, 3.05) is 41.0 Å². The number of ether oxygens (including phenoxy) is 4. The standard InChI is InChI=1S/C22H24ClNO5/c1-26-18-12-19(27-2)22(20(13-18)28-3)15-8-10-24(11-9-15)21(25)14-29-17-6-4-16(23)5-7-17/h4-8,12-13H,9-11,14H2,1-3H3. The first-order valence-corrected chi connectivity index (χ1v) is 9.59. The van der Waals surface area contributed by atoms with E-state index in [9.17, 15) is 4.79 Å². The maximum Gasteiger partial charge on any atom is 0.260 e. The van der Waals surface area contributed by atoms with Crippen molar-refractivity contribution >= 4 is 23.1 Å². The average molecular weight is 418 g/mol. The van der Waals surface area contributed by atoms with E-state index in [2.05, 4.69) is 0 Å². The molecular formula is C22H24ClNO5. The molecule has 1 amide bonds. The van der Waals surface area contributed by atoms with E-state index in [1.807, 2.05) is 18.2 Å². The summed E-state index contributed by atoms with van der Waals surface area (Å²) in [6, 6.07) is 10.6. The van der Waals surface area contributed by atoms with Gasteiger partial charge in [-0.1, -0.05) is 17.7 Å². The predicted octanol–water partition coefficient (Wildman–Crippen LogP) is 4.06. The number of benzene rings is 2. The molecule has 154 valence electrons. The van der Waals surface area contributed by atoms with Crippen molar-refractivity contribution in [2.24, 2.45) is 0 Å². The third-order valence-corrected chi connectivity index (χ3v) is 5.03. The molecule has 0 aliphatic carbocycles. The van der Waals surface area contributed by atoms with Gasteiger partial charge >= 0.3 is 0 Å². The molecule has 3 rings (SSSR count). The van der Waals surface area contributed by atoms with E-state index >= 15 is 0 Å². The van der Waals surface area contributed by atoms with E-state index in [1.54, 1.807) is 50.5 Å². The summed E-state index contributed by atoms with van der Waals surface area (Å²) in [6.07, 6.45) is 2.71. The number of nitrogens with zero attached hydrogens (tertiary/aromatic N) is 1. The van der Waals surface area contributed by atoms with Crippen LogP contribution in [0, 0.1) is 0 Å². The lowest BCUT2D eigenvalue weighted by Crippen LogP contribution is -2.37. The lowest BCUT2D eigenvalue weighted by atomic mass is 9.97. The summed E-state index contributed by atoms with van der Waals surface area (Å²) in [5.41, 5.74) is 1.96. The van der Waals surface area contributed by atoms with Crippen LogP contribution in [0.25, 0.3) is 5.57 Å². The van der Waals surface area contributed by atoms with E-state index < -0.39 is 0 Å². The van der Waals surface area contributed by atoms with Gasteiger partial charge in [-0.2, -0.15) is 0 Å². The quantitative estimate of drug-likeness (QED) is 0.680. The van der Waals surface area contributed by atoms with Crippen LogP contribution in [-0.4, -0.2) is 51.8 Å². The van der Waals surface area contributed by atoms with Gasteiger partial charge in [-0.25, -0.2) is 0 Å². The van der Waals surface area contributed by atoms with Crippen LogP contribution in [0.5, 0.6) is 23.0 Å². The molecule has 1 aliphatic heterocycles. The van der Waals surface area contributed by atoms with Crippen LogP contribution in [0.15, 0.2) is 42.5 Å². The Hall–Kier alpha value is -2.86. The fourth-order valence-corrected chi connectivity index (χ4v) is 3.34. The summed E-state index contributed by atoms with van der Waals surface area (Å²) >= 11 is 5.86. The van der Waals surface area contributed by atoms with Crippen molar-refractivity contribution in [1.29, 1.82) is 0 Å². The number of halogens is 1. The topological polar surface area (TPSA) is 57.2 Å². The highest BCUT2D eigenvalue weighted by Gasteiger charge is 2.23. The van der Waals surface area contributed by atoms with Crippen LogP contribution in [-0.2, 0) is 4.79 Å². The van der Waals surface area contributed by atoms with Crippen molar-refractivity contribution < 1.29 is 23.7 Å². The van der Waals surface area contributed by atoms with Gasteiger partial charge < -0.3 is 23.8 Å². The Labute approximate surface area is 175 Å². The summed E-state index contributed by atoms with van der Waals surface area (Å²) < 4.78 is 22.0. The van der Waals surface area contributed by atoms with Gasteiger partial charge in [0, 0.05) is 30.2 Å². The SMILES string of the molecule is COc1cc(OC)c(C2=CCN(C(=O)COc3ccc(Cl)cc3)CC2)c(OC)c1. The average Bonchev–Trinajstić information content (AvgIpc) is 2.77. The van der Waals surface area contributed by atoms with Gasteiger partial charge in [-0.15, -0.1) is 0 Å². The number of hydrogen-bond donors (Lipinski definition) is 0. The summed E-state index contributed by atoms with van der Waals surface area (Å²) in [7, 11) is 4.83. The summed E-state index contributed by atoms with van der Waals surface area (Å²) in [6.45, 7) is 1.07. The molecule has 0 saturated heterocycles.